The van der Waals surface area contributed by atoms with E-state index in [1.165, 1.54) is 12.3 Å². The molecule has 4 rings (SSSR count). The molecule has 3 amide bonds. The SMILES string of the molecule is CC1CN(c2ccc(NC(=O)N3CCN(C(=O)c4ccco4)CC3)cc2F)CC(C)O1. The number of nitrogens with zero attached hydrogens (tertiary/aromatic N) is 3. The van der Waals surface area contributed by atoms with Crippen LogP contribution in [0.2, 0.25) is 0 Å². The lowest BCUT2D eigenvalue weighted by molar-refractivity contribution is -0.00539. The van der Waals surface area contributed by atoms with Crippen molar-refractivity contribution in [3.8, 4) is 0 Å². The molecule has 0 aliphatic carbocycles. The molecule has 0 bridgehead atoms. The maximum absolute atomic E-state index is 14.8. The molecule has 2 saturated heterocycles. The highest BCUT2D eigenvalue weighted by Gasteiger charge is 2.27. The number of ether oxygens (including phenoxy) is 1. The molecular weight excluding hydrogens is 403 g/mol. The third-order valence-corrected chi connectivity index (χ3v) is 5.55. The van der Waals surface area contributed by atoms with E-state index in [1.807, 2.05) is 18.7 Å². The van der Waals surface area contributed by atoms with E-state index >= 15 is 0 Å². The summed E-state index contributed by atoms with van der Waals surface area (Å²) in [6.45, 7) is 6.78. The van der Waals surface area contributed by atoms with Gasteiger partial charge in [0.25, 0.3) is 5.91 Å². The zero-order valence-corrected chi connectivity index (χ0v) is 17.7. The molecule has 0 spiro atoms. The van der Waals surface area contributed by atoms with Crippen LogP contribution in [0.3, 0.4) is 0 Å². The number of nitrogens with one attached hydrogen (secondary N) is 1. The zero-order valence-electron chi connectivity index (χ0n) is 17.7. The van der Waals surface area contributed by atoms with Crippen LogP contribution in [0.1, 0.15) is 24.4 Å². The summed E-state index contributed by atoms with van der Waals surface area (Å²) in [6.07, 6.45) is 1.52. The Labute approximate surface area is 180 Å². The minimum atomic E-state index is -0.382. The van der Waals surface area contributed by atoms with E-state index in [1.54, 1.807) is 34.1 Å². The van der Waals surface area contributed by atoms with Crippen molar-refractivity contribution in [2.75, 3.05) is 49.5 Å². The summed E-state index contributed by atoms with van der Waals surface area (Å²) in [6, 6.07) is 7.72. The maximum atomic E-state index is 14.8. The van der Waals surface area contributed by atoms with Crippen molar-refractivity contribution in [1.82, 2.24) is 9.80 Å². The number of amides is 3. The number of hydrogen-bond acceptors (Lipinski definition) is 5. The first-order chi connectivity index (χ1) is 14.9. The molecule has 1 aromatic carbocycles. The summed E-state index contributed by atoms with van der Waals surface area (Å²) in [7, 11) is 0. The quantitative estimate of drug-likeness (QED) is 0.810. The van der Waals surface area contributed by atoms with Crippen molar-refractivity contribution in [3.05, 3.63) is 48.2 Å². The number of piperazine rings is 1. The number of benzene rings is 1. The van der Waals surface area contributed by atoms with Gasteiger partial charge in [-0.05, 0) is 44.2 Å². The van der Waals surface area contributed by atoms with Gasteiger partial charge in [0.2, 0.25) is 0 Å². The van der Waals surface area contributed by atoms with E-state index in [0.717, 1.165) is 0 Å². The van der Waals surface area contributed by atoms with Gasteiger partial charge in [0.05, 0.1) is 24.2 Å². The van der Waals surface area contributed by atoms with E-state index in [9.17, 15) is 14.0 Å². The molecular formula is C22H27FN4O4. The van der Waals surface area contributed by atoms with E-state index in [2.05, 4.69) is 5.32 Å². The summed E-state index contributed by atoms with van der Waals surface area (Å²) in [5.41, 5.74) is 0.903. The maximum Gasteiger partial charge on any atom is 0.321 e. The number of halogens is 1. The minimum Gasteiger partial charge on any atom is -0.459 e. The van der Waals surface area contributed by atoms with E-state index in [0.29, 0.717) is 50.6 Å². The van der Waals surface area contributed by atoms with Gasteiger partial charge < -0.3 is 29.2 Å². The Morgan fingerprint density at radius 3 is 2.32 bits per heavy atom. The summed E-state index contributed by atoms with van der Waals surface area (Å²) in [4.78, 5) is 30.2. The Balaban J connectivity index is 1.33. The van der Waals surface area contributed by atoms with Crippen LogP contribution in [0.25, 0.3) is 0 Å². The second kappa shape index (κ2) is 8.97. The molecule has 1 aromatic heterocycles. The monoisotopic (exact) mass is 430 g/mol. The lowest BCUT2D eigenvalue weighted by Crippen LogP contribution is -2.51. The van der Waals surface area contributed by atoms with Crippen LogP contribution >= 0.6 is 0 Å². The molecule has 2 aliphatic rings. The van der Waals surface area contributed by atoms with Crippen LogP contribution in [0, 0.1) is 5.82 Å². The number of carbonyl (C=O) groups is 2. The number of anilines is 2. The third kappa shape index (κ3) is 4.82. The Bertz CT molecular complexity index is 918. The second-order valence-electron chi connectivity index (χ2n) is 8.02. The van der Waals surface area contributed by atoms with Gasteiger partial charge in [0, 0.05) is 45.0 Å². The first-order valence-corrected chi connectivity index (χ1v) is 10.5. The molecule has 2 aliphatic heterocycles. The number of hydrogen-bond donors (Lipinski definition) is 1. The van der Waals surface area contributed by atoms with E-state index in [-0.39, 0.29) is 35.7 Å². The zero-order chi connectivity index (χ0) is 22.0. The number of furan rings is 1. The van der Waals surface area contributed by atoms with Crippen molar-refractivity contribution >= 4 is 23.3 Å². The predicted octanol–water partition coefficient (Wildman–Crippen LogP) is 3.02. The standard InChI is InChI=1S/C22H27FN4O4/c1-15-13-27(14-16(2)31-15)19-6-5-17(12-18(19)23)24-22(29)26-9-7-25(8-10-26)21(28)20-4-3-11-30-20/h3-6,11-12,15-16H,7-10,13-14H2,1-2H3,(H,24,29). The number of rotatable bonds is 3. The van der Waals surface area contributed by atoms with Crippen molar-refractivity contribution in [2.24, 2.45) is 0 Å². The van der Waals surface area contributed by atoms with Crippen LogP contribution in [0.15, 0.2) is 41.0 Å². The Morgan fingerprint density at radius 2 is 1.71 bits per heavy atom. The molecule has 2 fully saturated rings. The Kier molecular flexibility index (Phi) is 6.13. The smallest absolute Gasteiger partial charge is 0.321 e. The Hall–Kier alpha value is -3.07. The van der Waals surface area contributed by atoms with Gasteiger partial charge in [0.1, 0.15) is 5.82 Å². The van der Waals surface area contributed by atoms with Gasteiger partial charge in [-0.2, -0.15) is 0 Å². The van der Waals surface area contributed by atoms with Crippen LogP contribution < -0.4 is 10.2 Å². The highest BCUT2D eigenvalue weighted by Crippen LogP contribution is 2.26. The van der Waals surface area contributed by atoms with Gasteiger partial charge in [-0.3, -0.25) is 4.79 Å². The molecule has 31 heavy (non-hydrogen) atoms. The van der Waals surface area contributed by atoms with Gasteiger partial charge in [-0.15, -0.1) is 0 Å². The molecule has 3 heterocycles. The first-order valence-electron chi connectivity index (χ1n) is 10.5. The van der Waals surface area contributed by atoms with Gasteiger partial charge in [-0.25, -0.2) is 9.18 Å². The van der Waals surface area contributed by atoms with Gasteiger partial charge in [0.15, 0.2) is 5.76 Å². The van der Waals surface area contributed by atoms with Crippen LogP contribution in [-0.4, -0.2) is 73.2 Å². The van der Waals surface area contributed by atoms with Crippen LogP contribution in [-0.2, 0) is 4.74 Å². The summed E-state index contributed by atoms with van der Waals surface area (Å²) >= 11 is 0. The minimum absolute atomic E-state index is 0.0286. The molecule has 8 nitrogen and oxygen atoms in total. The molecule has 166 valence electrons. The van der Waals surface area contributed by atoms with E-state index in [4.69, 9.17) is 9.15 Å². The van der Waals surface area contributed by atoms with Crippen molar-refractivity contribution in [3.63, 3.8) is 0 Å². The normalized spacial score (nSPS) is 21.8. The fourth-order valence-corrected chi connectivity index (χ4v) is 4.09. The lowest BCUT2D eigenvalue weighted by Gasteiger charge is -2.37. The molecule has 1 N–H and O–H groups in total. The second-order valence-corrected chi connectivity index (χ2v) is 8.02. The third-order valence-electron chi connectivity index (χ3n) is 5.55. The van der Waals surface area contributed by atoms with E-state index < -0.39 is 0 Å². The van der Waals surface area contributed by atoms with Crippen molar-refractivity contribution < 1.29 is 23.1 Å². The summed E-state index contributed by atoms with van der Waals surface area (Å²) < 4.78 is 25.6. The summed E-state index contributed by atoms with van der Waals surface area (Å²) in [5.74, 6) is -0.278. The molecule has 9 heteroatoms. The average molecular weight is 430 g/mol. The van der Waals surface area contributed by atoms with Crippen molar-refractivity contribution in [1.29, 1.82) is 0 Å². The molecule has 2 unspecified atom stereocenters. The van der Waals surface area contributed by atoms with Gasteiger partial charge >= 0.3 is 6.03 Å². The Morgan fingerprint density at radius 1 is 1.03 bits per heavy atom. The fraction of sp³-hybridized carbons (Fsp3) is 0.455. The number of carbonyl (C=O) groups excluding carboxylic acids is 2. The molecule has 0 radical (unpaired) electrons. The van der Waals surface area contributed by atoms with Gasteiger partial charge in [-0.1, -0.05) is 0 Å². The largest absolute Gasteiger partial charge is 0.459 e. The molecule has 2 atom stereocenters. The lowest BCUT2D eigenvalue weighted by atomic mass is 10.2. The molecule has 2 aromatic rings. The number of morpholine rings is 1. The van der Waals surface area contributed by atoms with Crippen LogP contribution in [0.5, 0.6) is 0 Å². The summed E-state index contributed by atoms with van der Waals surface area (Å²) in [5, 5.41) is 2.75. The van der Waals surface area contributed by atoms with Crippen LogP contribution in [0.4, 0.5) is 20.6 Å². The topological polar surface area (TPSA) is 78.3 Å². The highest BCUT2D eigenvalue weighted by molar-refractivity contribution is 5.92. The average Bonchev–Trinajstić information content (AvgIpc) is 3.27. The predicted molar refractivity (Wildman–Crippen MR) is 114 cm³/mol. The fourth-order valence-electron chi connectivity index (χ4n) is 4.09. The van der Waals surface area contributed by atoms with Crippen molar-refractivity contribution in [2.45, 2.75) is 26.1 Å². The number of urea groups is 1. The first kappa shape index (κ1) is 21.2. The highest BCUT2D eigenvalue weighted by atomic mass is 19.1. The molecule has 0 saturated carbocycles.